The van der Waals surface area contributed by atoms with Gasteiger partial charge in [0.25, 0.3) is 5.69 Å². The molecule has 1 N–H and O–H groups in total. The molecule has 116 valence electrons. The summed E-state index contributed by atoms with van der Waals surface area (Å²) in [5.74, 6) is -1.78. The number of carboxylic acid groups (broad SMARTS) is 1. The highest BCUT2D eigenvalue weighted by Gasteiger charge is 2.26. The van der Waals surface area contributed by atoms with Crippen molar-refractivity contribution in [3.05, 3.63) is 39.9 Å². The topological polar surface area (TPSA) is 80.4 Å². The number of unbranched alkanes of at least 4 members (excludes halogenated alkanes) is 5. The molecule has 21 heavy (non-hydrogen) atoms. The van der Waals surface area contributed by atoms with E-state index in [1.54, 1.807) is 18.2 Å². The minimum atomic E-state index is -0.988. The van der Waals surface area contributed by atoms with E-state index in [0.29, 0.717) is 12.0 Å². The number of nitrogens with zero attached hydrogens (tertiary/aromatic N) is 1. The number of carboxylic acids is 1. The lowest BCUT2D eigenvalue weighted by Crippen LogP contribution is -2.13. The van der Waals surface area contributed by atoms with Crippen molar-refractivity contribution in [3.8, 4) is 0 Å². The van der Waals surface area contributed by atoms with Crippen LogP contribution in [0.2, 0.25) is 0 Å². The number of nitro groups is 1. The molecule has 0 heterocycles. The molecule has 1 rings (SSSR count). The third-order valence-corrected chi connectivity index (χ3v) is 3.65. The van der Waals surface area contributed by atoms with E-state index in [2.05, 4.69) is 6.92 Å². The van der Waals surface area contributed by atoms with Crippen molar-refractivity contribution < 1.29 is 14.8 Å². The minimum Gasteiger partial charge on any atom is -0.481 e. The van der Waals surface area contributed by atoms with Gasteiger partial charge in [-0.3, -0.25) is 14.9 Å². The minimum absolute atomic E-state index is 0.101. The molecule has 1 atom stereocenters. The van der Waals surface area contributed by atoms with Crippen LogP contribution in [0.3, 0.4) is 0 Å². The fourth-order valence-electron chi connectivity index (χ4n) is 2.49. The standard InChI is InChI=1S/C16H23NO4/c1-2-3-4-5-6-7-11-14(16(18)19)13-10-8-9-12-15(13)17(20)21/h8-10,12,14H,2-7,11H2,1H3,(H,18,19). The lowest BCUT2D eigenvalue weighted by atomic mass is 9.91. The second-order valence-electron chi connectivity index (χ2n) is 5.26. The van der Waals surface area contributed by atoms with E-state index in [1.807, 2.05) is 0 Å². The summed E-state index contributed by atoms with van der Waals surface area (Å²) >= 11 is 0. The fourth-order valence-corrected chi connectivity index (χ4v) is 2.49. The summed E-state index contributed by atoms with van der Waals surface area (Å²) in [6, 6.07) is 6.13. The van der Waals surface area contributed by atoms with Crippen molar-refractivity contribution >= 4 is 11.7 Å². The molecule has 1 aromatic rings. The first-order valence-corrected chi connectivity index (χ1v) is 7.54. The zero-order valence-electron chi connectivity index (χ0n) is 12.5. The number of nitro benzene ring substituents is 1. The Balaban J connectivity index is 2.66. The molecule has 0 aliphatic rings. The molecule has 5 nitrogen and oxygen atoms in total. The Hall–Kier alpha value is -1.91. The van der Waals surface area contributed by atoms with Gasteiger partial charge in [0.1, 0.15) is 0 Å². The summed E-state index contributed by atoms with van der Waals surface area (Å²) in [5, 5.41) is 20.4. The van der Waals surface area contributed by atoms with Gasteiger partial charge in [0.2, 0.25) is 0 Å². The van der Waals surface area contributed by atoms with Crippen molar-refractivity contribution in [2.24, 2.45) is 0 Å². The normalized spacial score (nSPS) is 12.0. The van der Waals surface area contributed by atoms with Crippen LogP contribution in [0.4, 0.5) is 5.69 Å². The highest BCUT2D eigenvalue weighted by molar-refractivity contribution is 5.77. The molecule has 0 radical (unpaired) electrons. The summed E-state index contributed by atoms with van der Waals surface area (Å²) in [6.45, 7) is 2.15. The number of hydrogen-bond acceptors (Lipinski definition) is 3. The van der Waals surface area contributed by atoms with Crippen molar-refractivity contribution in [2.75, 3.05) is 0 Å². The van der Waals surface area contributed by atoms with Crippen molar-refractivity contribution in [1.82, 2.24) is 0 Å². The van der Waals surface area contributed by atoms with Crippen LogP contribution in [-0.2, 0) is 4.79 Å². The van der Waals surface area contributed by atoms with Gasteiger partial charge < -0.3 is 5.11 Å². The maximum Gasteiger partial charge on any atom is 0.311 e. The molecule has 0 saturated carbocycles. The first-order chi connectivity index (χ1) is 10.1. The van der Waals surface area contributed by atoms with E-state index in [9.17, 15) is 20.0 Å². The van der Waals surface area contributed by atoms with Gasteiger partial charge in [0, 0.05) is 11.6 Å². The molecule has 0 fully saturated rings. The predicted octanol–water partition coefficient (Wildman–Crippen LogP) is 4.51. The van der Waals surface area contributed by atoms with Gasteiger partial charge in [-0.2, -0.15) is 0 Å². The summed E-state index contributed by atoms with van der Waals surface area (Å²) in [4.78, 5) is 21.9. The lowest BCUT2D eigenvalue weighted by molar-refractivity contribution is -0.385. The number of rotatable bonds is 10. The zero-order valence-corrected chi connectivity index (χ0v) is 12.5. The molecule has 0 saturated heterocycles. The predicted molar refractivity (Wildman–Crippen MR) is 81.5 cm³/mol. The van der Waals surface area contributed by atoms with Gasteiger partial charge in [-0.05, 0) is 6.42 Å². The van der Waals surface area contributed by atoms with Crippen molar-refractivity contribution in [3.63, 3.8) is 0 Å². The van der Waals surface area contributed by atoms with Gasteiger partial charge in [0.15, 0.2) is 0 Å². The molecule has 0 bridgehead atoms. The largest absolute Gasteiger partial charge is 0.481 e. The quantitative estimate of drug-likeness (QED) is 0.391. The maximum absolute atomic E-state index is 11.4. The van der Waals surface area contributed by atoms with Crippen LogP contribution >= 0.6 is 0 Å². The van der Waals surface area contributed by atoms with E-state index in [-0.39, 0.29) is 5.69 Å². The van der Waals surface area contributed by atoms with Crippen LogP contribution in [0.1, 0.15) is 63.4 Å². The van der Waals surface area contributed by atoms with Crippen LogP contribution in [0.25, 0.3) is 0 Å². The zero-order chi connectivity index (χ0) is 15.7. The Morgan fingerprint density at radius 1 is 1.19 bits per heavy atom. The molecular formula is C16H23NO4. The highest BCUT2D eigenvalue weighted by atomic mass is 16.6. The van der Waals surface area contributed by atoms with Crippen LogP contribution < -0.4 is 0 Å². The van der Waals surface area contributed by atoms with E-state index in [0.717, 1.165) is 19.3 Å². The lowest BCUT2D eigenvalue weighted by Gasteiger charge is -2.12. The molecule has 0 amide bonds. The molecule has 0 aromatic heterocycles. The summed E-state index contributed by atoms with van der Waals surface area (Å²) in [5.41, 5.74) is 0.208. The van der Waals surface area contributed by atoms with Crippen molar-refractivity contribution in [1.29, 1.82) is 0 Å². The average molecular weight is 293 g/mol. The number of benzene rings is 1. The van der Waals surface area contributed by atoms with Gasteiger partial charge in [-0.15, -0.1) is 0 Å². The van der Waals surface area contributed by atoms with Crippen molar-refractivity contribution in [2.45, 2.75) is 57.8 Å². The first-order valence-electron chi connectivity index (χ1n) is 7.54. The molecule has 0 aliphatic heterocycles. The smallest absolute Gasteiger partial charge is 0.311 e. The van der Waals surface area contributed by atoms with Crippen LogP contribution in [0.5, 0.6) is 0 Å². The van der Waals surface area contributed by atoms with Gasteiger partial charge in [0.05, 0.1) is 10.8 Å². The summed E-state index contributed by atoms with van der Waals surface area (Å²) in [6.07, 6.45) is 6.85. The fraction of sp³-hybridized carbons (Fsp3) is 0.562. The summed E-state index contributed by atoms with van der Waals surface area (Å²) < 4.78 is 0. The maximum atomic E-state index is 11.4. The highest BCUT2D eigenvalue weighted by Crippen LogP contribution is 2.30. The van der Waals surface area contributed by atoms with E-state index < -0.39 is 16.8 Å². The SMILES string of the molecule is CCCCCCCCC(C(=O)O)c1ccccc1[N+](=O)[O-]. The van der Waals surface area contributed by atoms with Gasteiger partial charge in [-0.25, -0.2) is 0 Å². The van der Waals surface area contributed by atoms with E-state index in [4.69, 9.17) is 0 Å². The molecule has 5 heteroatoms. The molecule has 1 aromatic carbocycles. The second kappa shape index (κ2) is 9.10. The Morgan fingerprint density at radius 3 is 2.43 bits per heavy atom. The third kappa shape index (κ3) is 5.53. The van der Waals surface area contributed by atoms with E-state index >= 15 is 0 Å². The Labute approximate surface area is 125 Å². The molecular weight excluding hydrogens is 270 g/mol. The molecule has 0 aliphatic carbocycles. The van der Waals surface area contributed by atoms with Crippen LogP contribution in [-0.4, -0.2) is 16.0 Å². The van der Waals surface area contributed by atoms with Crippen LogP contribution in [0, 0.1) is 10.1 Å². The monoisotopic (exact) mass is 293 g/mol. The van der Waals surface area contributed by atoms with E-state index in [1.165, 1.54) is 25.3 Å². The van der Waals surface area contributed by atoms with Gasteiger partial charge in [-0.1, -0.05) is 63.6 Å². The number of aliphatic carboxylic acids is 1. The van der Waals surface area contributed by atoms with Gasteiger partial charge >= 0.3 is 5.97 Å². The Bertz CT molecular complexity index is 473. The summed E-state index contributed by atoms with van der Waals surface area (Å²) in [7, 11) is 0. The molecule has 0 spiro atoms. The number of hydrogen-bond donors (Lipinski definition) is 1. The number of carbonyl (C=O) groups is 1. The van der Waals surface area contributed by atoms with Crippen LogP contribution in [0.15, 0.2) is 24.3 Å². The Morgan fingerprint density at radius 2 is 1.81 bits per heavy atom. The number of para-hydroxylation sites is 1. The first kappa shape index (κ1) is 17.1. The molecule has 1 unspecified atom stereocenters. The average Bonchev–Trinajstić information content (AvgIpc) is 2.46. The Kier molecular flexibility index (Phi) is 7.43. The third-order valence-electron chi connectivity index (χ3n) is 3.65. The second-order valence-corrected chi connectivity index (χ2v) is 5.26.